The summed E-state index contributed by atoms with van der Waals surface area (Å²) in [6.45, 7) is 4.01. The minimum atomic E-state index is -0.893. The van der Waals surface area contributed by atoms with Gasteiger partial charge in [-0.1, -0.05) is 12.1 Å². The summed E-state index contributed by atoms with van der Waals surface area (Å²) in [4.78, 5) is 11.8. The van der Waals surface area contributed by atoms with E-state index in [2.05, 4.69) is 0 Å². The molecule has 4 heteroatoms. The van der Waals surface area contributed by atoms with Gasteiger partial charge in [0.1, 0.15) is 0 Å². The summed E-state index contributed by atoms with van der Waals surface area (Å²) in [6, 6.07) is 11.1. The molecule has 3 nitrogen and oxygen atoms in total. The van der Waals surface area contributed by atoms with Crippen LogP contribution < -0.4 is 0 Å². The smallest absolute Gasteiger partial charge is 0.336 e. The molecule has 0 aliphatic rings. The molecule has 0 bridgehead atoms. The van der Waals surface area contributed by atoms with Crippen LogP contribution in [-0.2, 0) is 0 Å². The van der Waals surface area contributed by atoms with Crippen LogP contribution in [0.15, 0.2) is 41.3 Å². The Hall–Kier alpha value is -1.68. The van der Waals surface area contributed by atoms with Crippen molar-refractivity contribution in [1.29, 1.82) is 0 Å². The third-order valence-corrected chi connectivity index (χ3v) is 3.82. The Morgan fingerprint density at radius 3 is 2.29 bits per heavy atom. The summed E-state index contributed by atoms with van der Waals surface area (Å²) in [7, 11) is 0. The molecule has 0 radical (unpaired) electrons. The number of hydrogen-bond acceptors (Lipinski definition) is 2. The molecule has 0 spiro atoms. The molecule has 0 aliphatic heterocycles. The molecule has 0 atom stereocenters. The summed E-state index contributed by atoms with van der Waals surface area (Å²) in [5.41, 5.74) is 2.55. The summed E-state index contributed by atoms with van der Waals surface area (Å²) in [5, 5.41) is 9.11. The lowest BCUT2D eigenvalue weighted by Crippen LogP contribution is -2.00. The van der Waals surface area contributed by atoms with E-state index in [0.29, 0.717) is 5.56 Å². The highest BCUT2D eigenvalue weighted by Crippen LogP contribution is 2.27. The van der Waals surface area contributed by atoms with Crippen LogP contribution in [0.25, 0.3) is 0 Å². The van der Waals surface area contributed by atoms with Crippen molar-refractivity contribution in [2.75, 3.05) is 0 Å². The van der Waals surface area contributed by atoms with Gasteiger partial charge in [-0.3, -0.25) is 3.97 Å². The van der Waals surface area contributed by atoms with Crippen LogP contribution in [-0.4, -0.2) is 15.0 Å². The van der Waals surface area contributed by atoms with Gasteiger partial charge in [-0.05, 0) is 50.1 Å². The molecule has 0 saturated heterocycles. The van der Waals surface area contributed by atoms with Crippen molar-refractivity contribution in [3.05, 3.63) is 53.3 Å². The van der Waals surface area contributed by atoms with E-state index in [9.17, 15) is 4.79 Å². The van der Waals surface area contributed by atoms with Crippen LogP contribution in [0, 0.1) is 13.8 Å². The fourth-order valence-corrected chi connectivity index (χ4v) is 2.62. The van der Waals surface area contributed by atoms with E-state index in [1.807, 2.05) is 42.1 Å². The second-order valence-corrected chi connectivity index (χ2v) is 4.79. The normalized spacial score (nSPS) is 10.5. The first-order valence-corrected chi connectivity index (χ1v) is 6.02. The van der Waals surface area contributed by atoms with E-state index in [-0.39, 0.29) is 0 Å². The van der Waals surface area contributed by atoms with Gasteiger partial charge in [-0.2, -0.15) is 0 Å². The first kappa shape index (κ1) is 11.8. The van der Waals surface area contributed by atoms with E-state index in [1.54, 1.807) is 12.1 Å². The van der Waals surface area contributed by atoms with Gasteiger partial charge in [-0.25, -0.2) is 4.79 Å². The number of hydrogen-bond donors (Lipinski definition) is 1. The van der Waals surface area contributed by atoms with Crippen molar-refractivity contribution >= 4 is 17.9 Å². The van der Waals surface area contributed by atoms with E-state index >= 15 is 0 Å². The van der Waals surface area contributed by atoms with Crippen LogP contribution in [0.3, 0.4) is 0 Å². The number of aryl methyl sites for hydroxylation is 2. The monoisotopic (exact) mass is 247 g/mol. The molecule has 0 unspecified atom stereocenters. The fraction of sp³-hybridized carbons (Fsp3) is 0.154. The number of aromatic nitrogens is 1. The van der Waals surface area contributed by atoms with Crippen LogP contribution in [0.2, 0.25) is 0 Å². The number of rotatable bonds is 3. The molecule has 1 aromatic heterocycles. The zero-order valence-corrected chi connectivity index (χ0v) is 10.5. The molecule has 0 aliphatic carbocycles. The summed E-state index contributed by atoms with van der Waals surface area (Å²) >= 11 is 1.44. The Balaban J connectivity index is 2.40. The van der Waals surface area contributed by atoms with Gasteiger partial charge in [0.15, 0.2) is 0 Å². The van der Waals surface area contributed by atoms with E-state index in [0.717, 1.165) is 16.3 Å². The topological polar surface area (TPSA) is 42.2 Å². The quantitative estimate of drug-likeness (QED) is 0.904. The minimum absolute atomic E-state index is 0.338. The zero-order valence-electron chi connectivity index (χ0n) is 9.68. The summed E-state index contributed by atoms with van der Waals surface area (Å²) < 4.78 is 2.03. The highest BCUT2D eigenvalue weighted by atomic mass is 32.2. The third-order valence-electron chi connectivity index (χ3n) is 2.51. The maximum atomic E-state index is 11.1. The highest BCUT2D eigenvalue weighted by molar-refractivity contribution is 7.98. The molecule has 0 saturated carbocycles. The molecule has 1 aromatic carbocycles. The Bertz CT molecular complexity index is 541. The molecular weight excluding hydrogens is 234 g/mol. The van der Waals surface area contributed by atoms with E-state index in [4.69, 9.17) is 5.11 Å². The lowest BCUT2D eigenvalue weighted by Gasteiger charge is -2.09. The van der Waals surface area contributed by atoms with Gasteiger partial charge in [0.25, 0.3) is 0 Å². The lowest BCUT2D eigenvalue weighted by atomic mass is 10.2. The predicted octanol–water partition coefficient (Wildman–Crippen LogP) is 3.36. The fourth-order valence-electron chi connectivity index (χ4n) is 1.62. The first-order valence-electron chi connectivity index (χ1n) is 5.25. The van der Waals surface area contributed by atoms with E-state index in [1.165, 1.54) is 11.9 Å². The van der Waals surface area contributed by atoms with Crippen LogP contribution in [0.4, 0.5) is 0 Å². The minimum Gasteiger partial charge on any atom is -0.478 e. The van der Waals surface area contributed by atoms with Crippen molar-refractivity contribution in [3.8, 4) is 0 Å². The second kappa shape index (κ2) is 4.67. The van der Waals surface area contributed by atoms with E-state index < -0.39 is 5.97 Å². The molecule has 0 amide bonds. The molecule has 2 rings (SSSR count). The van der Waals surface area contributed by atoms with Gasteiger partial charge in [0.05, 0.1) is 5.56 Å². The standard InChI is InChI=1S/C13H13NO2S/c1-9-7-8-10(2)14(9)17-12-6-4-3-5-11(12)13(15)16/h3-8H,1-2H3,(H,15,16). The molecule has 88 valence electrons. The number of carboxylic acid groups (broad SMARTS) is 1. The largest absolute Gasteiger partial charge is 0.478 e. The average Bonchev–Trinajstić information content (AvgIpc) is 2.61. The SMILES string of the molecule is Cc1ccc(C)n1Sc1ccccc1C(=O)O. The Labute approximate surface area is 104 Å². The van der Waals surface area contributed by atoms with Crippen molar-refractivity contribution < 1.29 is 9.90 Å². The summed E-state index contributed by atoms with van der Waals surface area (Å²) in [6.07, 6.45) is 0. The number of carbonyl (C=O) groups is 1. The number of benzene rings is 1. The maximum Gasteiger partial charge on any atom is 0.336 e. The van der Waals surface area contributed by atoms with Gasteiger partial charge >= 0.3 is 5.97 Å². The molecule has 17 heavy (non-hydrogen) atoms. The van der Waals surface area contributed by atoms with Gasteiger partial charge in [-0.15, -0.1) is 0 Å². The molecule has 1 heterocycles. The van der Waals surface area contributed by atoms with Crippen LogP contribution >= 0.6 is 11.9 Å². The summed E-state index contributed by atoms with van der Waals surface area (Å²) in [5.74, 6) is -0.893. The van der Waals surface area contributed by atoms with Crippen LogP contribution in [0.5, 0.6) is 0 Å². The third kappa shape index (κ3) is 2.36. The van der Waals surface area contributed by atoms with Crippen LogP contribution in [0.1, 0.15) is 21.7 Å². The molecule has 1 N–H and O–H groups in total. The predicted molar refractivity (Wildman–Crippen MR) is 68.6 cm³/mol. The first-order chi connectivity index (χ1) is 8.09. The van der Waals surface area contributed by atoms with Crippen molar-refractivity contribution in [1.82, 2.24) is 3.97 Å². The number of carboxylic acids is 1. The zero-order chi connectivity index (χ0) is 12.4. The van der Waals surface area contributed by atoms with Crippen molar-refractivity contribution in [3.63, 3.8) is 0 Å². The molecule has 2 aromatic rings. The Morgan fingerprint density at radius 1 is 1.12 bits per heavy atom. The maximum absolute atomic E-state index is 11.1. The van der Waals surface area contributed by atoms with Crippen molar-refractivity contribution in [2.24, 2.45) is 0 Å². The van der Waals surface area contributed by atoms with Gasteiger partial charge in [0, 0.05) is 16.3 Å². The van der Waals surface area contributed by atoms with Gasteiger partial charge in [0.2, 0.25) is 0 Å². The number of aromatic carboxylic acids is 1. The highest BCUT2D eigenvalue weighted by Gasteiger charge is 2.11. The van der Waals surface area contributed by atoms with Gasteiger partial charge < -0.3 is 5.11 Å². The van der Waals surface area contributed by atoms with Crippen molar-refractivity contribution in [2.45, 2.75) is 18.7 Å². The second-order valence-electron chi connectivity index (χ2n) is 3.80. The molecule has 0 fully saturated rings. The lowest BCUT2D eigenvalue weighted by molar-refractivity contribution is 0.0693. The Morgan fingerprint density at radius 2 is 1.71 bits per heavy atom. The molecular formula is C13H13NO2S. The Kier molecular flexibility index (Phi) is 3.24. The number of nitrogens with zero attached hydrogens (tertiary/aromatic N) is 1. The average molecular weight is 247 g/mol.